The summed E-state index contributed by atoms with van der Waals surface area (Å²) in [7, 11) is 3.48. The maximum atomic E-state index is 11.7. The number of benzene rings is 1. The highest BCUT2D eigenvalue weighted by Gasteiger charge is 2.37. The van der Waals surface area contributed by atoms with Crippen LogP contribution in [0.15, 0.2) is 24.3 Å². The Morgan fingerprint density at radius 1 is 1.38 bits per heavy atom. The molecule has 0 radical (unpaired) electrons. The van der Waals surface area contributed by atoms with Crippen molar-refractivity contribution >= 4 is 5.91 Å². The third kappa shape index (κ3) is 4.44. The van der Waals surface area contributed by atoms with Gasteiger partial charge in [0.1, 0.15) is 18.0 Å². The lowest BCUT2D eigenvalue weighted by atomic mass is 10.1. The zero-order valence-electron chi connectivity index (χ0n) is 13.0. The fraction of sp³-hybridized carbons (Fsp3) is 0.562. The summed E-state index contributed by atoms with van der Waals surface area (Å²) >= 11 is 0. The van der Waals surface area contributed by atoms with E-state index in [1.54, 1.807) is 19.0 Å². The zero-order chi connectivity index (χ0) is 15.5. The number of β-amino-alcohol motifs (C(OH)–C–C–N with tert-alkyl or cyclic N) is 1. The molecule has 1 saturated heterocycles. The van der Waals surface area contributed by atoms with Gasteiger partial charge >= 0.3 is 0 Å². The molecule has 21 heavy (non-hydrogen) atoms. The molecule has 1 N–H and O–H groups in total. The fourth-order valence-electron chi connectivity index (χ4n) is 2.38. The van der Waals surface area contributed by atoms with E-state index in [-0.39, 0.29) is 12.5 Å². The summed E-state index contributed by atoms with van der Waals surface area (Å²) in [5.74, 6) is 0.815. The minimum absolute atomic E-state index is 0.0544. The molecule has 0 saturated carbocycles. The van der Waals surface area contributed by atoms with E-state index in [0.29, 0.717) is 26.1 Å². The first-order valence-electron chi connectivity index (χ1n) is 7.22. The lowest BCUT2D eigenvalue weighted by Crippen LogP contribution is -2.41. The summed E-state index contributed by atoms with van der Waals surface area (Å²) in [6, 6.07) is 7.77. The Bertz CT molecular complexity index is 487. The first kappa shape index (κ1) is 15.8. The molecule has 5 heteroatoms. The van der Waals surface area contributed by atoms with E-state index in [1.807, 2.05) is 36.1 Å². The molecule has 0 aromatic heterocycles. The van der Waals surface area contributed by atoms with Gasteiger partial charge < -0.3 is 14.7 Å². The molecule has 1 fully saturated rings. The van der Waals surface area contributed by atoms with Crippen LogP contribution >= 0.6 is 0 Å². The van der Waals surface area contributed by atoms with Gasteiger partial charge in [-0.05, 0) is 25.5 Å². The van der Waals surface area contributed by atoms with Gasteiger partial charge in [-0.3, -0.25) is 9.69 Å². The standard InChI is InChI=1S/C16H24N2O3/c1-13-4-6-14(7-5-13)21-12-16(20)8-9-18(11-16)10-15(19)17(2)3/h4-7,20H,8-12H2,1-3H3/t16-/m0/s1. The third-order valence-corrected chi connectivity index (χ3v) is 3.80. The van der Waals surface area contributed by atoms with Crippen molar-refractivity contribution in [3.8, 4) is 5.75 Å². The summed E-state index contributed by atoms with van der Waals surface area (Å²) < 4.78 is 5.68. The Balaban J connectivity index is 1.83. The van der Waals surface area contributed by atoms with Crippen LogP contribution in [0.4, 0.5) is 0 Å². The Kier molecular flexibility index (Phi) is 4.85. The highest BCUT2D eigenvalue weighted by molar-refractivity contribution is 5.77. The number of nitrogens with zero attached hydrogens (tertiary/aromatic N) is 2. The molecule has 116 valence electrons. The molecule has 0 spiro atoms. The van der Waals surface area contributed by atoms with Crippen molar-refractivity contribution in [2.45, 2.75) is 18.9 Å². The molecule has 0 bridgehead atoms. The third-order valence-electron chi connectivity index (χ3n) is 3.80. The van der Waals surface area contributed by atoms with Gasteiger partial charge in [-0.15, -0.1) is 0 Å². The lowest BCUT2D eigenvalue weighted by molar-refractivity contribution is -0.129. The van der Waals surface area contributed by atoms with Crippen LogP contribution in [0, 0.1) is 6.92 Å². The topological polar surface area (TPSA) is 53.0 Å². The van der Waals surface area contributed by atoms with E-state index >= 15 is 0 Å². The van der Waals surface area contributed by atoms with Crippen LogP contribution in [0.2, 0.25) is 0 Å². The molecule has 1 amide bonds. The molecular weight excluding hydrogens is 268 g/mol. The average Bonchev–Trinajstić information content (AvgIpc) is 2.80. The SMILES string of the molecule is Cc1ccc(OC[C@]2(O)CCN(CC(=O)N(C)C)C2)cc1. The summed E-state index contributed by atoms with van der Waals surface area (Å²) in [6.45, 7) is 3.81. The second kappa shape index (κ2) is 6.45. The van der Waals surface area contributed by atoms with Crippen LogP contribution in [-0.4, -0.2) is 66.8 Å². The molecule has 5 nitrogen and oxygen atoms in total. The number of ether oxygens (including phenoxy) is 1. The maximum Gasteiger partial charge on any atom is 0.236 e. The second-order valence-electron chi connectivity index (χ2n) is 6.07. The quantitative estimate of drug-likeness (QED) is 0.876. The summed E-state index contributed by atoms with van der Waals surface area (Å²) in [6.07, 6.45) is 0.625. The van der Waals surface area contributed by atoms with Gasteiger partial charge in [0.25, 0.3) is 0 Å². The maximum absolute atomic E-state index is 11.7. The molecule has 1 aliphatic heterocycles. The number of rotatable bonds is 5. The summed E-state index contributed by atoms with van der Waals surface area (Å²) in [5, 5.41) is 10.5. The van der Waals surface area contributed by atoms with Crippen molar-refractivity contribution in [1.82, 2.24) is 9.80 Å². The molecule has 0 aliphatic carbocycles. The molecule has 1 aromatic carbocycles. The predicted molar refractivity (Wildman–Crippen MR) is 81.4 cm³/mol. The number of hydrogen-bond donors (Lipinski definition) is 1. The monoisotopic (exact) mass is 292 g/mol. The van der Waals surface area contributed by atoms with E-state index in [2.05, 4.69) is 0 Å². The summed E-state index contributed by atoms with van der Waals surface area (Å²) in [5.41, 5.74) is 0.299. The van der Waals surface area contributed by atoms with Crippen LogP contribution in [-0.2, 0) is 4.79 Å². The van der Waals surface area contributed by atoms with E-state index in [0.717, 1.165) is 5.75 Å². The summed E-state index contributed by atoms with van der Waals surface area (Å²) in [4.78, 5) is 15.2. The van der Waals surface area contributed by atoms with Crippen LogP contribution in [0.5, 0.6) is 5.75 Å². The molecule has 1 atom stereocenters. The van der Waals surface area contributed by atoms with Crippen molar-refractivity contribution in [3.63, 3.8) is 0 Å². The normalized spacial score (nSPS) is 22.3. The number of carbonyl (C=O) groups excluding carboxylic acids is 1. The number of carbonyl (C=O) groups is 1. The van der Waals surface area contributed by atoms with E-state index in [9.17, 15) is 9.90 Å². The van der Waals surface area contributed by atoms with Crippen molar-refractivity contribution < 1.29 is 14.6 Å². The van der Waals surface area contributed by atoms with Crippen molar-refractivity contribution in [1.29, 1.82) is 0 Å². The minimum atomic E-state index is -0.878. The first-order chi connectivity index (χ1) is 9.88. The van der Waals surface area contributed by atoms with Gasteiger partial charge in [0, 0.05) is 27.2 Å². The van der Waals surface area contributed by atoms with E-state index < -0.39 is 5.60 Å². The Hall–Kier alpha value is -1.59. The lowest BCUT2D eigenvalue weighted by Gasteiger charge is -2.24. The van der Waals surface area contributed by atoms with Gasteiger partial charge in [-0.1, -0.05) is 17.7 Å². The van der Waals surface area contributed by atoms with Gasteiger partial charge in [-0.25, -0.2) is 0 Å². The van der Waals surface area contributed by atoms with E-state index in [1.165, 1.54) is 5.56 Å². The Labute approximate surface area is 126 Å². The van der Waals surface area contributed by atoms with Gasteiger partial charge in [0.2, 0.25) is 5.91 Å². The highest BCUT2D eigenvalue weighted by Crippen LogP contribution is 2.23. The molecule has 1 aliphatic rings. The van der Waals surface area contributed by atoms with Crippen molar-refractivity contribution in [2.24, 2.45) is 0 Å². The van der Waals surface area contributed by atoms with Gasteiger partial charge in [-0.2, -0.15) is 0 Å². The second-order valence-corrected chi connectivity index (χ2v) is 6.07. The number of aliphatic hydroxyl groups is 1. The molecule has 1 heterocycles. The van der Waals surface area contributed by atoms with Crippen LogP contribution < -0.4 is 4.74 Å². The van der Waals surface area contributed by atoms with Crippen molar-refractivity contribution in [2.75, 3.05) is 40.3 Å². The number of likely N-dealkylation sites (N-methyl/N-ethyl adjacent to an activating group) is 1. The zero-order valence-corrected chi connectivity index (χ0v) is 13.0. The minimum Gasteiger partial charge on any atom is -0.491 e. The Morgan fingerprint density at radius 3 is 2.67 bits per heavy atom. The largest absolute Gasteiger partial charge is 0.491 e. The van der Waals surface area contributed by atoms with Crippen LogP contribution in [0.25, 0.3) is 0 Å². The van der Waals surface area contributed by atoms with Crippen molar-refractivity contribution in [3.05, 3.63) is 29.8 Å². The highest BCUT2D eigenvalue weighted by atomic mass is 16.5. The smallest absolute Gasteiger partial charge is 0.236 e. The fourth-order valence-corrected chi connectivity index (χ4v) is 2.38. The number of likely N-dealkylation sites (tertiary alicyclic amines) is 1. The van der Waals surface area contributed by atoms with Gasteiger partial charge in [0.15, 0.2) is 0 Å². The number of hydrogen-bond acceptors (Lipinski definition) is 4. The number of amides is 1. The molecule has 1 aromatic rings. The van der Waals surface area contributed by atoms with E-state index in [4.69, 9.17) is 4.74 Å². The molecular formula is C16H24N2O3. The Morgan fingerprint density at radius 2 is 2.05 bits per heavy atom. The van der Waals surface area contributed by atoms with Crippen LogP contribution in [0.1, 0.15) is 12.0 Å². The first-order valence-corrected chi connectivity index (χ1v) is 7.22. The predicted octanol–water partition coefficient (Wildman–Crippen LogP) is 0.899. The average molecular weight is 292 g/mol. The number of aryl methyl sites for hydroxylation is 1. The van der Waals surface area contributed by atoms with Crippen LogP contribution in [0.3, 0.4) is 0 Å². The van der Waals surface area contributed by atoms with Gasteiger partial charge in [0.05, 0.1) is 6.54 Å². The molecule has 0 unspecified atom stereocenters. The molecule has 2 rings (SSSR count).